The van der Waals surface area contributed by atoms with Crippen LogP contribution in [-0.2, 0) is 20.8 Å². The molecule has 2 aliphatic heterocycles. The third-order valence-corrected chi connectivity index (χ3v) is 6.62. The van der Waals surface area contributed by atoms with E-state index in [0.29, 0.717) is 38.6 Å². The lowest BCUT2D eigenvalue weighted by Crippen LogP contribution is -2.56. The number of amides is 3. The van der Waals surface area contributed by atoms with Gasteiger partial charge in [0.05, 0.1) is 12.5 Å². The molecule has 2 aliphatic rings. The molecule has 0 bridgehead atoms. The molecule has 2 heterocycles. The van der Waals surface area contributed by atoms with Gasteiger partial charge in [0, 0.05) is 19.5 Å². The fourth-order valence-electron chi connectivity index (χ4n) is 4.76. The minimum Gasteiger partial charge on any atom is -0.497 e. The Morgan fingerprint density at radius 3 is 2.34 bits per heavy atom. The van der Waals surface area contributed by atoms with E-state index < -0.39 is 11.5 Å². The highest BCUT2D eigenvalue weighted by Crippen LogP contribution is 2.35. The number of hydrogen-bond acceptors (Lipinski definition) is 4. The first-order valence-corrected chi connectivity index (χ1v) is 11.0. The van der Waals surface area contributed by atoms with Crippen LogP contribution in [-0.4, -0.2) is 48.9 Å². The fourth-order valence-corrected chi connectivity index (χ4v) is 4.76. The molecule has 4 rings (SSSR count). The second-order valence-corrected chi connectivity index (χ2v) is 8.77. The van der Waals surface area contributed by atoms with Crippen LogP contribution in [0.25, 0.3) is 11.1 Å². The zero-order chi connectivity index (χ0) is 22.7. The number of nitrogens with two attached hydrogens (primary N) is 1. The standard InChI is InChI=1S/C25H29N3O4/c1-32-20-9-7-19(8-10-20)18-5-3-17(4-6-18)15-25(24(26)31)13-2-14-28(16-25)23(30)21-11-12-22(29)27-21/h3-10,21H,2,11-16H2,1H3,(H2,26,31)(H,27,29)/t21-,25+/m0/s1. The summed E-state index contributed by atoms with van der Waals surface area (Å²) in [5.74, 6) is 0.210. The zero-order valence-electron chi connectivity index (χ0n) is 18.3. The van der Waals surface area contributed by atoms with E-state index in [1.807, 2.05) is 48.5 Å². The second-order valence-electron chi connectivity index (χ2n) is 8.77. The molecule has 0 spiro atoms. The summed E-state index contributed by atoms with van der Waals surface area (Å²) in [5.41, 5.74) is 8.22. The summed E-state index contributed by atoms with van der Waals surface area (Å²) in [4.78, 5) is 38.7. The number of likely N-dealkylation sites (tertiary alicyclic amines) is 1. The molecule has 7 heteroatoms. The van der Waals surface area contributed by atoms with E-state index in [0.717, 1.165) is 22.4 Å². The van der Waals surface area contributed by atoms with E-state index in [4.69, 9.17) is 10.5 Å². The maximum Gasteiger partial charge on any atom is 0.245 e. The Morgan fingerprint density at radius 2 is 1.78 bits per heavy atom. The minimum absolute atomic E-state index is 0.0986. The Morgan fingerprint density at radius 1 is 1.12 bits per heavy atom. The van der Waals surface area contributed by atoms with Crippen molar-refractivity contribution < 1.29 is 19.1 Å². The molecule has 2 atom stereocenters. The van der Waals surface area contributed by atoms with Gasteiger partial charge in [-0.2, -0.15) is 0 Å². The summed E-state index contributed by atoms with van der Waals surface area (Å²) in [7, 11) is 1.64. The average Bonchev–Trinajstić information content (AvgIpc) is 3.25. The van der Waals surface area contributed by atoms with Crippen molar-refractivity contribution in [3.8, 4) is 16.9 Å². The summed E-state index contributed by atoms with van der Waals surface area (Å²) in [5, 5.41) is 2.73. The Labute approximate surface area is 187 Å². The lowest BCUT2D eigenvalue weighted by molar-refractivity contribution is -0.142. The number of carbonyl (C=O) groups is 3. The predicted octanol–water partition coefficient (Wildman–Crippen LogP) is 2.28. The van der Waals surface area contributed by atoms with Crippen molar-refractivity contribution in [3.05, 3.63) is 54.1 Å². The highest BCUT2D eigenvalue weighted by atomic mass is 16.5. The van der Waals surface area contributed by atoms with E-state index in [1.54, 1.807) is 12.0 Å². The lowest BCUT2D eigenvalue weighted by atomic mass is 9.74. The highest BCUT2D eigenvalue weighted by molar-refractivity contribution is 5.91. The number of ether oxygens (including phenoxy) is 1. The van der Waals surface area contributed by atoms with Crippen LogP contribution in [0.15, 0.2) is 48.5 Å². The normalized spacial score (nSPS) is 23.0. The van der Waals surface area contributed by atoms with Gasteiger partial charge in [-0.15, -0.1) is 0 Å². The SMILES string of the molecule is COc1ccc(-c2ccc(C[C@]3(C(N)=O)CCCN(C(=O)[C@@H]4CCC(=O)N4)C3)cc2)cc1. The second kappa shape index (κ2) is 9.02. The molecule has 0 radical (unpaired) electrons. The Kier molecular flexibility index (Phi) is 6.17. The molecule has 2 aromatic carbocycles. The maximum absolute atomic E-state index is 12.9. The number of methoxy groups -OCH3 is 1. The smallest absolute Gasteiger partial charge is 0.245 e. The van der Waals surface area contributed by atoms with Crippen molar-refractivity contribution >= 4 is 17.7 Å². The Bertz CT molecular complexity index is 1000. The first-order chi connectivity index (χ1) is 15.4. The molecule has 2 aromatic rings. The fraction of sp³-hybridized carbons (Fsp3) is 0.400. The van der Waals surface area contributed by atoms with Crippen molar-refractivity contribution in [2.75, 3.05) is 20.2 Å². The number of nitrogens with zero attached hydrogens (tertiary/aromatic N) is 1. The first-order valence-electron chi connectivity index (χ1n) is 11.0. The van der Waals surface area contributed by atoms with Crippen LogP contribution in [0.3, 0.4) is 0 Å². The number of rotatable bonds is 6. The highest BCUT2D eigenvalue weighted by Gasteiger charge is 2.43. The van der Waals surface area contributed by atoms with Gasteiger partial charge < -0.3 is 20.7 Å². The number of piperidine rings is 1. The number of hydrogen-bond donors (Lipinski definition) is 2. The summed E-state index contributed by atoms with van der Waals surface area (Å²) in [6, 6.07) is 15.5. The van der Waals surface area contributed by atoms with Gasteiger partial charge in [-0.05, 0) is 54.5 Å². The van der Waals surface area contributed by atoms with Crippen LogP contribution in [0.5, 0.6) is 5.75 Å². The third kappa shape index (κ3) is 4.47. The zero-order valence-corrected chi connectivity index (χ0v) is 18.3. The van der Waals surface area contributed by atoms with Gasteiger partial charge in [0.1, 0.15) is 11.8 Å². The first kappa shape index (κ1) is 21.9. The van der Waals surface area contributed by atoms with Crippen molar-refractivity contribution in [2.45, 2.75) is 38.1 Å². The minimum atomic E-state index is -0.807. The molecule has 0 aliphatic carbocycles. The van der Waals surface area contributed by atoms with Gasteiger partial charge in [-0.3, -0.25) is 14.4 Å². The quantitative estimate of drug-likeness (QED) is 0.727. The van der Waals surface area contributed by atoms with Gasteiger partial charge in [0.25, 0.3) is 0 Å². The molecule has 0 aromatic heterocycles. The van der Waals surface area contributed by atoms with Gasteiger partial charge in [0.2, 0.25) is 17.7 Å². The number of primary amides is 1. The van der Waals surface area contributed by atoms with Gasteiger partial charge in [-0.1, -0.05) is 36.4 Å². The molecule has 168 valence electrons. The van der Waals surface area contributed by atoms with Gasteiger partial charge in [-0.25, -0.2) is 0 Å². The van der Waals surface area contributed by atoms with Crippen molar-refractivity contribution in [3.63, 3.8) is 0 Å². The topological polar surface area (TPSA) is 102 Å². The summed E-state index contributed by atoms with van der Waals surface area (Å²) < 4.78 is 5.21. The molecule has 2 saturated heterocycles. The van der Waals surface area contributed by atoms with Gasteiger partial charge >= 0.3 is 0 Å². The van der Waals surface area contributed by atoms with Crippen LogP contribution in [0.1, 0.15) is 31.2 Å². The van der Waals surface area contributed by atoms with Crippen LogP contribution in [0.4, 0.5) is 0 Å². The van der Waals surface area contributed by atoms with Crippen LogP contribution < -0.4 is 15.8 Å². The van der Waals surface area contributed by atoms with Gasteiger partial charge in [0.15, 0.2) is 0 Å². The van der Waals surface area contributed by atoms with Crippen molar-refractivity contribution in [1.29, 1.82) is 0 Å². The molecule has 7 nitrogen and oxygen atoms in total. The maximum atomic E-state index is 12.9. The van der Waals surface area contributed by atoms with Crippen LogP contribution in [0, 0.1) is 5.41 Å². The van der Waals surface area contributed by atoms with E-state index in [2.05, 4.69) is 5.32 Å². The van der Waals surface area contributed by atoms with E-state index >= 15 is 0 Å². The van der Waals surface area contributed by atoms with E-state index in [-0.39, 0.29) is 24.3 Å². The van der Waals surface area contributed by atoms with Crippen LogP contribution >= 0.6 is 0 Å². The van der Waals surface area contributed by atoms with Crippen molar-refractivity contribution in [2.24, 2.45) is 11.1 Å². The monoisotopic (exact) mass is 435 g/mol. The third-order valence-electron chi connectivity index (χ3n) is 6.62. The number of nitrogens with one attached hydrogen (secondary N) is 1. The summed E-state index contributed by atoms with van der Waals surface area (Å²) in [6.07, 6.45) is 2.70. The van der Waals surface area contributed by atoms with Crippen molar-refractivity contribution in [1.82, 2.24) is 10.2 Å². The Balaban J connectivity index is 1.49. The lowest BCUT2D eigenvalue weighted by Gasteiger charge is -2.41. The molecule has 3 N–H and O–H groups in total. The largest absolute Gasteiger partial charge is 0.497 e. The molecule has 0 unspecified atom stereocenters. The Hall–Kier alpha value is -3.35. The summed E-state index contributed by atoms with van der Waals surface area (Å²) in [6.45, 7) is 0.865. The summed E-state index contributed by atoms with van der Waals surface area (Å²) >= 11 is 0. The number of carbonyl (C=O) groups excluding carboxylic acids is 3. The number of benzene rings is 2. The molecular weight excluding hydrogens is 406 g/mol. The van der Waals surface area contributed by atoms with Crippen LogP contribution in [0.2, 0.25) is 0 Å². The molecular formula is C25H29N3O4. The molecule has 3 amide bonds. The van der Waals surface area contributed by atoms with E-state index in [9.17, 15) is 14.4 Å². The molecule has 32 heavy (non-hydrogen) atoms. The molecule has 0 saturated carbocycles. The van der Waals surface area contributed by atoms with E-state index in [1.165, 1.54) is 0 Å². The predicted molar refractivity (Wildman–Crippen MR) is 121 cm³/mol. The molecule has 2 fully saturated rings. The average molecular weight is 436 g/mol.